The molecule has 3 aromatic carbocycles. The van der Waals surface area contributed by atoms with Crippen LogP contribution in [0.2, 0.25) is 0 Å². The van der Waals surface area contributed by atoms with Crippen LogP contribution in [0, 0.1) is 5.92 Å². The average molecular weight is 542 g/mol. The first-order chi connectivity index (χ1) is 19.7. The Morgan fingerprint density at radius 3 is 2.35 bits per heavy atom. The standard InChI is InChI=1S/C33H39N3O4/c37-21-10-22-39-29-19-17-28(18-20-29)31-35-33(23-25-11-4-1-5-12-25,30(40-31)27-15-8-3-9-16-27)32(38)36-34-24-26-13-6-2-7-14-26/h1,3-5,8-9,11-12,15-20,26,30,34,37H,2,6-7,10,13-14,21-24H2,(H,36,38)/t30-,33-/m0/s1. The number of carbonyl (C=O) groups excluding carboxylic acids is 1. The van der Waals surface area contributed by atoms with E-state index in [2.05, 4.69) is 10.9 Å². The third-order valence-corrected chi connectivity index (χ3v) is 7.77. The summed E-state index contributed by atoms with van der Waals surface area (Å²) in [7, 11) is 0. The minimum atomic E-state index is -1.21. The van der Waals surface area contributed by atoms with E-state index in [1.54, 1.807) is 0 Å². The molecule has 0 radical (unpaired) electrons. The Balaban J connectivity index is 1.46. The maximum atomic E-state index is 14.2. The van der Waals surface area contributed by atoms with Gasteiger partial charge in [-0.15, -0.1) is 0 Å². The summed E-state index contributed by atoms with van der Waals surface area (Å²) in [5.74, 6) is 1.49. The molecule has 3 aromatic rings. The van der Waals surface area contributed by atoms with Crippen LogP contribution in [0.3, 0.4) is 0 Å². The highest BCUT2D eigenvalue weighted by molar-refractivity contribution is 6.01. The van der Waals surface area contributed by atoms with Crippen LogP contribution in [0.1, 0.15) is 61.3 Å². The third-order valence-electron chi connectivity index (χ3n) is 7.77. The number of hydrogen-bond acceptors (Lipinski definition) is 6. The molecule has 1 heterocycles. The third kappa shape index (κ3) is 6.72. The predicted molar refractivity (Wildman–Crippen MR) is 156 cm³/mol. The number of aliphatic hydroxyl groups excluding tert-OH is 1. The van der Waals surface area contributed by atoms with Crippen molar-refractivity contribution in [1.82, 2.24) is 10.9 Å². The summed E-state index contributed by atoms with van der Waals surface area (Å²) in [5, 5.41) is 9.02. The first-order valence-electron chi connectivity index (χ1n) is 14.4. The number of hydrazine groups is 1. The Labute approximate surface area is 236 Å². The summed E-state index contributed by atoms with van der Waals surface area (Å²) in [6.07, 6.45) is 6.53. The zero-order valence-corrected chi connectivity index (χ0v) is 22.9. The lowest BCUT2D eigenvalue weighted by atomic mass is 9.82. The van der Waals surface area contributed by atoms with E-state index in [0.717, 1.165) is 23.2 Å². The Hall–Kier alpha value is -3.68. The number of nitrogens with zero attached hydrogens (tertiary/aromatic N) is 1. The summed E-state index contributed by atoms with van der Waals surface area (Å²) < 4.78 is 12.3. The molecule has 40 heavy (non-hydrogen) atoms. The number of ether oxygens (including phenoxy) is 2. The fraction of sp³-hybridized carbons (Fsp3) is 0.394. The van der Waals surface area contributed by atoms with Crippen LogP contribution in [0.25, 0.3) is 0 Å². The molecule has 0 aromatic heterocycles. The molecule has 7 heteroatoms. The molecule has 3 N–H and O–H groups in total. The zero-order valence-electron chi connectivity index (χ0n) is 22.9. The molecule has 7 nitrogen and oxygen atoms in total. The number of rotatable bonds is 12. The smallest absolute Gasteiger partial charge is 0.266 e. The van der Waals surface area contributed by atoms with Gasteiger partial charge in [0, 0.05) is 31.6 Å². The molecule has 0 saturated heterocycles. The first kappa shape index (κ1) is 27.9. The molecule has 0 bridgehead atoms. The molecule has 1 aliphatic carbocycles. The number of benzene rings is 3. The molecule has 1 saturated carbocycles. The van der Waals surface area contributed by atoms with Crippen LogP contribution in [0.5, 0.6) is 5.75 Å². The lowest BCUT2D eigenvalue weighted by Crippen LogP contribution is -2.54. The summed E-state index contributed by atoms with van der Waals surface area (Å²) in [6.45, 7) is 1.28. The van der Waals surface area contributed by atoms with Crippen molar-refractivity contribution in [3.63, 3.8) is 0 Å². The Morgan fingerprint density at radius 1 is 0.950 bits per heavy atom. The fourth-order valence-corrected chi connectivity index (χ4v) is 5.59. The van der Waals surface area contributed by atoms with Gasteiger partial charge in [0.05, 0.1) is 6.61 Å². The van der Waals surface area contributed by atoms with E-state index in [0.29, 0.717) is 37.0 Å². The monoisotopic (exact) mass is 541 g/mol. The van der Waals surface area contributed by atoms with E-state index >= 15 is 0 Å². The summed E-state index contributed by atoms with van der Waals surface area (Å²) in [4.78, 5) is 19.3. The van der Waals surface area contributed by atoms with E-state index in [9.17, 15) is 4.79 Å². The Morgan fingerprint density at radius 2 is 1.65 bits per heavy atom. The molecule has 210 valence electrons. The summed E-state index contributed by atoms with van der Waals surface area (Å²) in [5.41, 5.74) is 7.72. The van der Waals surface area contributed by atoms with Gasteiger partial charge in [0.25, 0.3) is 5.91 Å². The normalized spacial score (nSPS) is 20.9. The fourth-order valence-electron chi connectivity index (χ4n) is 5.59. The van der Waals surface area contributed by atoms with Gasteiger partial charge in [-0.3, -0.25) is 10.2 Å². The molecule has 1 aliphatic heterocycles. The largest absolute Gasteiger partial charge is 0.494 e. The van der Waals surface area contributed by atoms with Gasteiger partial charge in [0.1, 0.15) is 5.75 Å². The lowest BCUT2D eigenvalue weighted by molar-refractivity contribution is -0.130. The van der Waals surface area contributed by atoms with E-state index in [-0.39, 0.29) is 12.5 Å². The van der Waals surface area contributed by atoms with Crippen molar-refractivity contribution in [2.45, 2.75) is 56.6 Å². The summed E-state index contributed by atoms with van der Waals surface area (Å²) >= 11 is 0. The van der Waals surface area contributed by atoms with Crippen molar-refractivity contribution in [3.05, 3.63) is 102 Å². The maximum Gasteiger partial charge on any atom is 0.266 e. The zero-order chi connectivity index (χ0) is 27.6. The number of aliphatic hydroxyl groups is 1. The highest BCUT2D eigenvalue weighted by Gasteiger charge is 2.53. The predicted octanol–water partition coefficient (Wildman–Crippen LogP) is 5.15. The number of amides is 1. The molecule has 2 atom stereocenters. The van der Waals surface area contributed by atoms with Gasteiger partial charge in [0.2, 0.25) is 5.90 Å². The van der Waals surface area contributed by atoms with Gasteiger partial charge in [-0.1, -0.05) is 79.9 Å². The maximum absolute atomic E-state index is 14.2. The van der Waals surface area contributed by atoms with E-state index in [4.69, 9.17) is 19.6 Å². The van der Waals surface area contributed by atoms with Gasteiger partial charge in [-0.2, -0.15) is 0 Å². The summed E-state index contributed by atoms with van der Waals surface area (Å²) in [6, 6.07) is 27.4. The van der Waals surface area contributed by atoms with Crippen molar-refractivity contribution >= 4 is 11.8 Å². The SMILES string of the molecule is O=C(NNCC1CCCCC1)[C@@]1(Cc2ccccc2)N=C(c2ccc(OCCCO)cc2)O[C@H]1c1ccccc1. The van der Waals surface area contributed by atoms with Gasteiger partial charge in [-0.25, -0.2) is 10.4 Å². The second-order valence-electron chi connectivity index (χ2n) is 10.7. The molecule has 0 unspecified atom stereocenters. The van der Waals surface area contributed by atoms with Crippen LogP contribution in [0.4, 0.5) is 0 Å². The molecular weight excluding hydrogens is 502 g/mol. The van der Waals surface area contributed by atoms with Crippen molar-refractivity contribution in [3.8, 4) is 5.75 Å². The first-order valence-corrected chi connectivity index (χ1v) is 14.4. The lowest BCUT2D eigenvalue weighted by Gasteiger charge is -2.31. The van der Waals surface area contributed by atoms with Crippen LogP contribution in [0.15, 0.2) is 89.9 Å². The van der Waals surface area contributed by atoms with Crippen LogP contribution < -0.4 is 15.6 Å². The van der Waals surface area contributed by atoms with Crippen molar-refractivity contribution in [1.29, 1.82) is 0 Å². The topological polar surface area (TPSA) is 92.2 Å². The van der Waals surface area contributed by atoms with Crippen LogP contribution >= 0.6 is 0 Å². The van der Waals surface area contributed by atoms with E-state index in [1.807, 2.05) is 84.9 Å². The Kier molecular flexibility index (Phi) is 9.47. The number of aliphatic imine (C=N–C) groups is 1. The molecule has 1 fully saturated rings. The van der Waals surface area contributed by atoms with Gasteiger partial charge < -0.3 is 14.6 Å². The highest BCUT2D eigenvalue weighted by Crippen LogP contribution is 2.42. The molecule has 2 aliphatic rings. The van der Waals surface area contributed by atoms with Crippen molar-refractivity contribution < 1.29 is 19.4 Å². The molecular formula is C33H39N3O4. The van der Waals surface area contributed by atoms with Gasteiger partial charge >= 0.3 is 0 Å². The van der Waals surface area contributed by atoms with E-state index < -0.39 is 11.6 Å². The second-order valence-corrected chi connectivity index (χ2v) is 10.7. The quantitative estimate of drug-likeness (QED) is 0.218. The van der Waals surface area contributed by atoms with Crippen molar-refractivity contribution in [2.75, 3.05) is 19.8 Å². The van der Waals surface area contributed by atoms with Crippen LogP contribution in [-0.4, -0.2) is 42.2 Å². The Bertz CT molecular complexity index is 1240. The molecule has 1 amide bonds. The van der Waals surface area contributed by atoms with Crippen LogP contribution in [-0.2, 0) is 16.0 Å². The second kappa shape index (κ2) is 13.6. The number of hydrogen-bond donors (Lipinski definition) is 3. The van der Waals surface area contributed by atoms with Crippen molar-refractivity contribution in [2.24, 2.45) is 10.9 Å². The van der Waals surface area contributed by atoms with Gasteiger partial charge in [-0.05, 0) is 54.2 Å². The number of nitrogens with one attached hydrogen (secondary N) is 2. The highest BCUT2D eigenvalue weighted by atomic mass is 16.5. The van der Waals surface area contributed by atoms with E-state index in [1.165, 1.54) is 32.1 Å². The minimum Gasteiger partial charge on any atom is -0.494 e. The average Bonchev–Trinajstić information content (AvgIpc) is 3.39. The molecule has 0 spiro atoms. The minimum absolute atomic E-state index is 0.0880. The van der Waals surface area contributed by atoms with Gasteiger partial charge in [0.15, 0.2) is 11.6 Å². The molecule has 5 rings (SSSR count). The number of carbonyl (C=O) groups is 1.